The van der Waals surface area contributed by atoms with Crippen LogP contribution >= 0.6 is 24.8 Å². The normalized spacial score (nSPS) is 18.2. The smallest absolute Gasteiger partial charge is 0.253 e. The van der Waals surface area contributed by atoms with Crippen molar-refractivity contribution in [3.05, 3.63) is 47.7 Å². The van der Waals surface area contributed by atoms with Crippen LogP contribution in [0.15, 0.2) is 36.5 Å². The number of pyridine rings is 1. The summed E-state index contributed by atoms with van der Waals surface area (Å²) >= 11 is 0. The topological polar surface area (TPSA) is 86.5 Å². The van der Waals surface area contributed by atoms with Gasteiger partial charge in [0, 0.05) is 30.6 Å². The Hall–Kier alpha value is -1.86. The lowest BCUT2D eigenvalue weighted by Gasteiger charge is -2.14. The fourth-order valence-electron chi connectivity index (χ4n) is 2.76. The molecule has 2 aromatic rings. The van der Waals surface area contributed by atoms with E-state index in [-0.39, 0.29) is 36.8 Å². The lowest BCUT2D eigenvalue weighted by atomic mass is 10.1. The number of aromatic nitrogens is 1. The summed E-state index contributed by atoms with van der Waals surface area (Å²) in [6.07, 6.45) is 2.74. The zero-order valence-electron chi connectivity index (χ0n) is 15.3. The molecule has 27 heavy (non-hydrogen) atoms. The van der Waals surface area contributed by atoms with E-state index in [2.05, 4.69) is 10.3 Å². The Morgan fingerprint density at radius 3 is 2.70 bits per heavy atom. The number of nitrogens with zero attached hydrogens (tertiary/aromatic N) is 1. The van der Waals surface area contributed by atoms with Gasteiger partial charge >= 0.3 is 0 Å². The van der Waals surface area contributed by atoms with Gasteiger partial charge in [0.2, 0.25) is 5.88 Å². The van der Waals surface area contributed by atoms with Crippen LogP contribution in [0, 0.1) is 13.8 Å². The average Bonchev–Trinajstić information content (AvgIpc) is 3.07. The highest BCUT2D eigenvalue weighted by Gasteiger charge is 2.29. The van der Waals surface area contributed by atoms with E-state index < -0.39 is 6.10 Å². The predicted octanol–water partition coefficient (Wildman–Crippen LogP) is 3.78. The van der Waals surface area contributed by atoms with Gasteiger partial charge in [-0.3, -0.25) is 4.79 Å². The third-order valence-corrected chi connectivity index (χ3v) is 4.22. The van der Waals surface area contributed by atoms with Gasteiger partial charge in [-0.25, -0.2) is 4.98 Å². The predicted molar refractivity (Wildman–Crippen MR) is 110 cm³/mol. The molecule has 8 heteroatoms. The van der Waals surface area contributed by atoms with Crippen molar-refractivity contribution in [3.8, 4) is 11.6 Å². The van der Waals surface area contributed by atoms with Crippen molar-refractivity contribution in [1.29, 1.82) is 0 Å². The van der Waals surface area contributed by atoms with Gasteiger partial charge in [0.1, 0.15) is 11.9 Å². The van der Waals surface area contributed by atoms with Gasteiger partial charge in [0.05, 0.1) is 6.10 Å². The molecule has 1 aliphatic heterocycles. The second kappa shape index (κ2) is 10.5. The van der Waals surface area contributed by atoms with Crippen molar-refractivity contribution >= 4 is 36.4 Å². The van der Waals surface area contributed by atoms with Gasteiger partial charge in [0.25, 0.3) is 5.91 Å². The molecule has 0 unspecified atom stereocenters. The second-order valence-electron chi connectivity index (χ2n) is 6.30. The van der Waals surface area contributed by atoms with Crippen LogP contribution in [-0.4, -0.2) is 29.6 Å². The zero-order chi connectivity index (χ0) is 17.8. The van der Waals surface area contributed by atoms with E-state index in [0.29, 0.717) is 30.3 Å². The largest absolute Gasteiger partial charge is 0.439 e. The summed E-state index contributed by atoms with van der Waals surface area (Å²) < 4.78 is 11.5. The van der Waals surface area contributed by atoms with Crippen LogP contribution < -0.4 is 15.8 Å². The molecule has 0 aliphatic carbocycles. The molecular weight excluding hydrogens is 389 g/mol. The molecule has 2 heterocycles. The molecule has 3 rings (SSSR count). The summed E-state index contributed by atoms with van der Waals surface area (Å²) in [5, 5.41) is 2.89. The van der Waals surface area contributed by atoms with Crippen molar-refractivity contribution in [3.63, 3.8) is 0 Å². The molecule has 2 atom stereocenters. The number of rotatable bonds is 5. The molecule has 1 aromatic carbocycles. The summed E-state index contributed by atoms with van der Waals surface area (Å²) in [4.78, 5) is 16.6. The van der Waals surface area contributed by atoms with E-state index in [9.17, 15) is 4.79 Å². The SMILES string of the molecule is Cc1ccnc(Oc2cc(NC(=O)[C@@H]3CC[C@H](CN)O3)ccc2C)c1.Cl.Cl. The van der Waals surface area contributed by atoms with Crippen molar-refractivity contribution in [1.82, 2.24) is 4.98 Å². The Morgan fingerprint density at radius 2 is 2.04 bits per heavy atom. The molecule has 148 valence electrons. The van der Waals surface area contributed by atoms with E-state index in [1.54, 1.807) is 12.3 Å². The fourth-order valence-corrected chi connectivity index (χ4v) is 2.76. The number of nitrogens with one attached hydrogen (secondary N) is 1. The maximum absolute atomic E-state index is 12.3. The molecule has 6 nitrogen and oxygen atoms in total. The first-order chi connectivity index (χ1) is 12.0. The van der Waals surface area contributed by atoms with Gasteiger partial charge in [-0.1, -0.05) is 6.07 Å². The minimum atomic E-state index is -0.447. The lowest BCUT2D eigenvalue weighted by molar-refractivity contribution is -0.126. The maximum atomic E-state index is 12.3. The molecule has 3 N–H and O–H groups in total. The lowest BCUT2D eigenvalue weighted by Crippen LogP contribution is -2.29. The number of halogens is 2. The zero-order valence-corrected chi connectivity index (χ0v) is 16.9. The van der Waals surface area contributed by atoms with Crippen molar-refractivity contribution < 1.29 is 14.3 Å². The van der Waals surface area contributed by atoms with Crippen LogP contribution in [-0.2, 0) is 9.53 Å². The quantitative estimate of drug-likeness (QED) is 0.778. The number of anilines is 1. The molecule has 0 spiro atoms. The number of aryl methyl sites for hydroxylation is 2. The third-order valence-electron chi connectivity index (χ3n) is 4.22. The van der Waals surface area contributed by atoms with Crippen LogP contribution in [0.25, 0.3) is 0 Å². The summed E-state index contributed by atoms with van der Waals surface area (Å²) in [5.74, 6) is 1.03. The van der Waals surface area contributed by atoms with Gasteiger partial charge in [0.15, 0.2) is 0 Å². The number of hydrogen-bond donors (Lipinski definition) is 2. The monoisotopic (exact) mass is 413 g/mol. The first kappa shape index (κ1) is 23.2. The summed E-state index contributed by atoms with van der Waals surface area (Å²) in [6, 6.07) is 9.32. The highest BCUT2D eigenvalue weighted by Crippen LogP contribution is 2.28. The standard InChI is InChI=1S/C19H23N3O3.2ClH/c1-12-7-8-21-18(9-12)25-17-10-14(4-3-13(17)2)22-19(23)16-6-5-15(11-20)24-16;;/h3-4,7-10,15-16H,5-6,11,20H2,1-2H3,(H,22,23);2*1H/t15-,16+;;/m1../s1. The minimum Gasteiger partial charge on any atom is -0.439 e. The summed E-state index contributed by atoms with van der Waals surface area (Å²) in [6.45, 7) is 4.37. The number of hydrogen-bond acceptors (Lipinski definition) is 5. The Morgan fingerprint density at radius 1 is 1.26 bits per heavy atom. The second-order valence-corrected chi connectivity index (χ2v) is 6.30. The van der Waals surface area contributed by atoms with Gasteiger partial charge in [-0.2, -0.15) is 0 Å². The molecule has 0 radical (unpaired) electrons. The average molecular weight is 414 g/mol. The van der Waals surface area contributed by atoms with Crippen molar-refractivity contribution in [2.75, 3.05) is 11.9 Å². The van der Waals surface area contributed by atoms with Crippen LogP contribution in [0.1, 0.15) is 24.0 Å². The van der Waals surface area contributed by atoms with Crippen LogP contribution in [0.4, 0.5) is 5.69 Å². The molecule has 1 amide bonds. The number of benzene rings is 1. The molecule has 1 aliphatic rings. The Balaban J connectivity index is 0.00000182. The maximum Gasteiger partial charge on any atom is 0.253 e. The van der Waals surface area contributed by atoms with Gasteiger partial charge in [-0.05, 0) is 49.9 Å². The number of carbonyl (C=O) groups is 1. The molecule has 1 aromatic heterocycles. The highest BCUT2D eigenvalue weighted by molar-refractivity contribution is 5.94. The first-order valence-electron chi connectivity index (χ1n) is 8.42. The molecule has 1 saturated heterocycles. The fraction of sp³-hybridized carbons (Fsp3) is 0.368. The van der Waals surface area contributed by atoms with E-state index in [1.165, 1.54) is 0 Å². The van der Waals surface area contributed by atoms with Crippen LogP contribution in [0.3, 0.4) is 0 Å². The van der Waals surface area contributed by atoms with E-state index in [1.807, 2.05) is 38.1 Å². The number of amides is 1. The highest BCUT2D eigenvalue weighted by atomic mass is 35.5. The number of ether oxygens (including phenoxy) is 2. The van der Waals surface area contributed by atoms with E-state index >= 15 is 0 Å². The van der Waals surface area contributed by atoms with Crippen molar-refractivity contribution in [2.24, 2.45) is 5.73 Å². The number of carbonyl (C=O) groups excluding carboxylic acids is 1. The van der Waals surface area contributed by atoms with Gasteiger partial charge < -0.3 is 20.5 Å². The van der Waals surface area contributed by atoms with Gasteiger partial charge in [-0.15, -0.1) is 24.8 Å². The molecule has 1 fully saturated rings. The molecular formula is C19H25Cl2N3O3. The number of nitrogens with two attached hydrogens (primary N) is 1. The summed E-state index contributed by atoms with van der Waals surface area (Å²) in [7, 11) is 0. The third kappa shape index (κ3) is 6.07. The van der Waals surface area contributed by atoms with Crippen LogP contribution in [0.5, 0.6) is 11.6 Å². The Labute approximate surface area is 171 Å². The first-order valence-corrected chi connectivity index (χ1v) is 8.42. The van der Waals surface area contributed by atoms with Crippen molar-refractivity contribution in [2.45, 2.75) is 38.9 Å². The van der Waals surface area contributed by atoms with E-state index in [0.717, 1.165) is 17.5 Å². The molecule has 0 bridgehead atoms. The van der Waals surface area contributed by atoms with E-state index in [4.69, 9.17) is 15.2 Å². The summed E-state index contributed by atoms with van der Waals surface area (Å²) in [5.41, 5.74) is 8.28. The Kier molecular flexibility index (Phi) is 8.99. The van der Waals surface area contributed by atoms with Crippen LogP contribution in [0.2, 0.25) is 0 Å². The Bertz CT molecular complexity index is 774. The minimum absolute atomic E-state index is 0. The molecule has 0 saturated carbocycles.